The van der Waals surface area contributed by atoms with Gasteiger partial charge in [0.05, 0.1) is 5.92 Å². The lowest BCUT2D eigenvalue weighted by molar-refractivity contribution is -0.138. The van der Waals surface area contributed by atoms with Crippen LogP contribution in [-0.2, 0) is 9.59 Å². The average Bonchev–Trinajstić information content (AvgIpc) is 2.81. The molecule has 0 aromatic heterocycles. The third kappa shape index (κ3) is 2.92. The predicted octanol–water partition coefficient (Wildman–Crippen LogP) is 1.46. The number of carbonyl (C=O) groups is 2. The predicted molar refractivity (Wildman–Crippen MR) is 69.6 cm³/mol. The van der Waals surface area contributed by atoms with E-state index in [4.69, 9.17) is 5.73 Å². The van der Waals surface area contributed by atoms with E-state index in [0.717, 1.165) is 25.7 Å². The first-order valence-electron chi connectivity index (χ1n) is 6.83. The van der Waals surface area contributed by atoms with Gasteiger partial charge >= 0.3 is 0 Å². The molecule has 0 aromatic rings. The Bertz CT molecular complexity index is 365. The molecule has 2 N–H and O–H groups in total. The average molecular weight is 250 g/mol. The molecule has 4 nitrogen and oxygen atoms in total. The van der Waals surface area contributed by atoms with E-state index in [0.29, 0.717) is 18.9 Å². The fourth-order valence-corrected chi connectivity index (χ4v) is 2.89. The maximum absolute atomic E-state index is 12.3. The number of piperidine rings is 1. The second-order valence-corrected chi connectivity index (χ2v) is 5.54. The lowest BCUT2D eigenvalue weighted by Crippen LogP contribution is -2.48. The second kappa shape index (κ2) is 5.55. The van der Waals surface area contributed by atoms with Crippen LogP contribution in [0.15, 0.2) is 12.2 Å². The van der Waals surface area contributed by atoms with Crippen LogP contribution < -0.4 is 5.73 Å². The van der Waals surface area contributed by atoms with Gasteiger partial charge in [0.25, 0.3) is 0 Å². The summed E-state index contributed by atoms with van der Waals surface area (Å²) in [6.07, 6.45) is 8.70. The zero-order valence-electron chi connectivity index (χ0n) is 11.0. The molecule has 0 radical (unpaired) electrons. The van der Waals surface area contributed by atoms with Crippen LogP contribution in [0.3, 0.4) is 0 Å². The first-order valence-corrected chi connectivity index (χ1v) is 6.83. The number of hydrogen-bond donors (Lipinski definition) is 1. The highest BCUT2D eigenvalue weighted by atomic mass is 16.2. The highest BCUT2D eigenvalue weighted by Gasteiger charge is 2.32. The Kier molecular flexibility index (Phi) is 4.04. The van der Waals surface area contributed by atoms with E-state index < -0.39 is 0 Å². The van der Waals surface area contributed by atoms with E-state index in [9.17, 15) is 9.59 Å². The van der Waals surface area contributed by atoms with Crippen molar-refractivity contribution in [2.75, 3.05) is 6.54 Å². The van der Waals surface area contributed by atoms with Gasteiger partial charge in [-0.15, -0.1) is 0 Å². The molecule has 0 bridgehead atoms. The molecule has 3 atom stereocenters. The van der Waals surface area contributed by atoms with E-state index in [-0.39, 0.29) is 23.8 Å². The van der Waals surface area contributed by atoms with E-state index in [1.165, 1.54) is 0 Å². The van der Waals surface area contributed by atoms with Crippen LogP contribution >= 0.6 is 0 Å². The maximum atomic E-state index is 12.3. The standard InChI is InChI=1S/C14H22N2O2/c1-10-6-7-12(14(15)18)9-16(10)13(17)8-11-4-2-3-5-11/h2,4,10-12H,3,5-9H2,1H3,(H2,15,18)/t10-,11+,12-/m1/s1. The molecule has 0 saturated carbocycles. The first-order chi connectivity index (χ1) is 8.58. The molecule has 0 aromatic carbocycles. The Balaban J connectivity index is 1.94. The van der Waals surface area contributed by atoms with Gasteiger partial charge in [-0.3, -0.25) is 9.59 Å². The lowest BCUT2D eigenvalue weighted by atomic mass is 9.92. The molecule has 2 amide bonds. The van der Waals surface area contributed by atoms with Crippen LogP contribution in [-0.4, -0.2) is 29.3 Å². The van der Waals surface area contributed by atoms with E-state index in [2.05, 4.69) is 19.1 Å². The van der Waals surface area contributed by atoms with Crippen molar-refractivity contribution in [1.82, 2.24) is 4.90 Å². The minimum Gasteiger partial charge on any atom is -0.369 e. The third-order valence-electron chi connectivity index (χ3n) is 4.15. The summed E-state index contributed by atoms with van der Waals surface area (Å²) < 4.78 is 0. The summed E-state index contributed by atoms with van der Waals surface area (Å²) in [6.45, 7) is 2.56. The molecule has 4 heteroatoms. The highest BCUT2D eigenvalue weighted by Crippen LogP contribution is 2.26. The van der Waals surface area contributed by atoms with Gasteiger partial charge in [-0.1, -0.05) is 12.2 Å². The van der Waals surface area contributed by atoms with Crippen molar-refractivity contribution in [3.8, 4) is 0 Å². The zero-order chi connectivity index (χ0) is 13.1. The van der Waals surface area contributed by atoms with Crippen molar-refractivity contribution in [2.45, 2.75) is 45.1 Å². The molecular weight excluding hydrogens is 228 g/mol. The Morgan fingerprint density at radius 2 is 2.11 bits per heavy atom. The molecule has 2 aliphatic rings. The van der Waals surface area contributed by atoms with Crippen LogP contribution in [0.1, 0.15) is 39.0 Å². The lowest BCUT2D eigenvalue weighted by Gasteiger charge is -2.37. The van der Waals surface area contributed by atoms with Crippen LogP contribution in [0, 0.1) is 11.8 Å². The Morgan fingerprint density at radius 1 is 1.33 bits per heavy atom. The topological polar surface area (TPSA) is 63.4 Å². The molecule has 1 heterocycles. The SMILES string of the molecule is C[C@@H]1CC[C@@H](C(N)=O)CN1C(=O)C[C@H]1C=CCC1. The summed E-state index contributed by atoms with van der Waals surface area (Å²) in [5, 5.41) is 0. The quantitative estimate of drug-likeness (QED) is 0.771. The number of allylic oxidation sites excluding steroid dienone is 2. The van der Waals surface area contributed by atoms with Crippen molar-refractivity contribution in [2.24, 2.45) is 17.6 Å². The fraction of sp³-hybridized carbons (Fsp3) is 0.714. The van der Waals surface area contributed by atoms with E-state index in [1.807, 2.05) is 4.90 Å². The number of amides is 2. The number of nitrogens with two attached hydrogens (primary N) is 1. The monoisotopic (exact) mass is 250 g/mol. The van der Waals surface area contributed by atoms with Gasteiger partial charge in [0, 0.05) is 19.0 Å². The molecule has 1 aliphatic carbocycles. The maximum Gasteiger partial charge on any atom is 0.223 e. The Labute approximate surface area is 108 Å². The molecule has 1 fully saturated rings. The van der Waals surface area contributed by atoms with Gasteiger partial charge in [0.2, 0.25) is 11.8 Å². The molecule has 18 heavy (non-hydrogen) atoms. The smallest absolute Gasteiger partial charge is 0.223 e. The first kappa shape index (κ1) is 13.1. The van der Waals surface area contributed by atoms with Gasteiger partial charge in [0.15, 0.2) is 0 Å². The Hall–Kier alpha value is -1.32. The third-order valence-corrected chi connectivity index (χ3v) is 4.15. The molecule has 0 unspecified atom stereocenters. The molecule has 0 spiro atoms. The van der Waals surface area contributed by atoms with Crippen molar-refractivity contribution < 1.29 is 9.59 Å². The normalized spacial score (nSPS) is 31.6. The number of likely N-dealkylation sites (tertiary alicyclic amines) is 1. The Morgan fingerprint density at radius 3 is 2.72 bits per heavy atom. The van der Waals surface area contributed by atoms with Crippen LogP contribution in [0.4, 0.5) is 0 Å². The number of primary amides is 1. The number of rotatable bonds is 3. The molecule has 1 aliphatic heterocycles. The van der Waals surface area contributed by atoms with Gasteiger partial charge in [-0.2, -0.15) is 0 Å². The van der Waals surface area contributed by atoms with Crippen LogP contribution in [0.5, 0.6) is 0 Å². The van der Waals surface area contributed by atoms with Gasteiger partial charge in [-0.05, 0) is 38.5 Å². The van der Waals surface area contributed by atoms with E-state index in [1.54, 1.807) is 0 Å². The van der Waals surface area contributed by atoms with Crippen molar-refractivity contribution in [1.29, 1.82) is 0 Å². The van der Waals surface area contributed by atoms with Gasteiger partial charge in [0.1, 0.15) is 0 Å². The van der Waals surface area contributed by atoms with Gasteiger partial charge < -0.3 is 10.6 Å². The minimum atomic E-state index is -0.277. The summed E-state index contributed by atoms with van der Waals surface area (Å²) in [7, 11) is 0. The summed E-state index contributed by atoms with van der Waals surface area (Å²) in [4.78, 5) is 25.4. The molecule has 100 valence electrons. The molecule has 1 saturated heterocycles. The summed E-state index contributed by atoms with van der Waals surface area (Å²) in [5.41, 5.74) is 5.35. The molecule has 2 rings (SSSR count). The van der Waals surface area contributed by atoms with Crippen molar-refractivity contribution in [3.63, 3.8) is 0 Å². The summed E-state index contributed by atoms with van der Waals surface area (Å²) >= 11 is 0. The molecular formula is C14H22N2O2. The fourth-order valence-electron chi connectivity index (χ4n) is 2.89. The minimum absolute atomic E-state index is 0.163. The van der Waals surface area contributed by atoms with Crippen molar-refractivity contribution in [3.05, 3.63) is 12.2 Å². The van der Waals surface area contributed by atoms with E-state index >= 15 is 0 Å². The summed E-state index contributed by atoms with van der Waals surface area (Å²) in [5.74, 6) is 0.119. The summed E-state index contributed by atoms with van der Waals surface area (Å²) in [6, 6.07) is 0.235. The number of nitrogens with zero attached hydrogens (tertiary/aromatic N) is 1. The van der Waals surface area contributed by atoms with Crippen molar-refractivity contribution >= 4 is 11.8 Å². The van der Waals surface area contributed by atoms with Crippen LogP contribution in [0.2, 0.25) is 0 Å². The van der Waals surface area contributed by atoms with Crippen LogP contribution in [0.25, 0.3) is 0 Å². The highest BCUT2D eigenvalue weighted by molar-refractivity contribution is 5.80. The zero-order valence-corrected chi connectivity index (χ0v) is 11.0. The second-order valence-electron chi connectivity index (χ2n) is 5.54. The van der Waals surface area contributed by atoms with Gasteiger partial charge in [-0.25, -0.2) is 0 Å². The number of carbonyl (C=O) groups excluding carboxylic acids is 2. The number of hydrogen-bond acceptors (Lipinski definition) is 2. The largest absolute Gasteiger partial charge is 0.369 e.